The average Bonchev–Trinajstić information content (AvgIpc) is 3.17. The van der Waals surface area contributed by atoms with E-state index in [-0.39, 0.29) is 23.8 Å². The van der Waals surface area contributed by atoms with Gasteiger partial charge in [0, 0.05) is 12.0 Å². The minimum atomic E-state index is -1.27. The summed E-state index contributed by atoms with van der Waals surface area (Å²) in [5.41, 5.74) is 4.08. The van der Waals surface area contributed by atoms with Crippen LogP contribution >= 0.6 is 0 Å². The number of fused-ring (bicyclic) bond motifs is 3. The van der Waals surface area contributed by atoms with Gasteiger partial charge in [0.25, 0.3) is 0 Å². The Morgan fingerprint density at radius 3 is 2.14 bits per heavy atom. The summed E-state index contributed by atoms with van der Waals surface area (Å²) in [6.07, 6.45) is -0.656. The monoisotopic (exact) mass is 476 g/mol. The van der Waals surface area contributed by atoms with Gasteiger partial charge in [0.05, 0.1) is 17.2 Å². The molecule has 8 heteroatoms. The number of aromatic carboxylic acids is 1. The highest BCUT2D eigenvalue weighted by Gasteiger charge is 2.30. The third-order valence-corrected chi connectivity index (χ3v) is 6.33. The third kappa shape index (κ3) is 5.01. The average molecular weight is 477 g/mol. The van der Waals surface area contributed by atoms with Crippen LogP contribution in [0.4, 0.5) is 14.9 Å². The normalized spacial score (nSPS) is 13.8. The van der Waals surface area contributed by atoms with E-state index in [1.807, 2.05) is 36.4 Å². The molecule has 0 saturated heterocycles. The summed E-state index contributed by atoms with van der Waals surface area (Å²) >= 11 is 0. The minimum absolute atomic E-state index is 0.0825. The van der Waals surface area contributed by atoms with Crippen LogP contribution in [0.15, 0.2) is 66.7 Å². The number of alkyl carbamates (subject to hydrolysis) is 1. The molecule has 0 heterocycles. The molecule has 7 nitrogen and oxygen atoms in total. The van der Waals surface area contributed by atoms with Crippen molar-refractivity contribution in [3.63, 3.8) is 0 Å². The van der Waals surface area contributed by atoms with Gasteiger partial charge in [-0.25, -0.2) is 14.0 Å². The van der Waals surface area contributed by atoms with Crippen LogP contribution in [0, 0.1) is 11.7 Å². The van der Waals surface area contributed by atoms with E-state index in [9.17, 15) is 18.8 Å². The lowest BCUT2D eigenvalue weighted by molar-refractivity contribution is -0.120. The van der Waals surface area contributed by atoms with E-state index in [1.165, 1.54) is 12.1 Å². The van der Waals surface area contributed by atoms with Gasteiger partial charge in [0.15, 0.2) is 0 Å². The van der Waals surface area contributed by atoms with Crippen molar-refractivity contribution in [2.45, 2.75) is 25.8 Å². The standard InChI is InChI=1S/C27H25FN2O5/c1-15(25(31)30-24-12-11-17(26(32)33)13-23(24)28)16(2)29-27(34)35-14-22-20-9-5-3-7-18(20)19-8-4-6-10-21(19)22/h3-13,15-16,22H,14H2,1-2H3,(H,29,34)(H,30,31)(H,32,33). The van der Waals surface area contributed by atoms with Gasteiger partial charge in [-0.05, 0) is 47.4 Å². The summed E-state index contributed by atoms with van der Waals surface area (Å²) in [6.45, 7) is 3.39. The number of nitrogens with one attached hydrogen (secondary N) is 2. The Morgan fingerprint density at radius 1 is 0.971 bits per heavy atom. The van der Waals surface area contributed by atoms with Crippen molar-refractivity contribution in [1.82, 2.24) is 5.32 Å². The van der Waals surface area contributed by atoms with E-state index in [4.69, 9.17) is 9.84 Å². The fourth-order valence-electron chi connectivity index (χ4n) is 4.17. The number of rotatable bonds is 7. The number of hydrogen-bond donors (Lipinski definition) is 3. The Balaban J connectivity index is 1.34. The van der Waals surface area contributed by atoms with E-state index in [2.05, 4.69) is 22.8 Å². The smallest absolute Gasteiger partial charge is 0.407 e. The SMILES string of the molecule is CC(NC(=O)OCC1c2ccccc2-c2ccccc21)C(C)C(=O)Nc1ccc(C(=O)O)cc1F. The van der Waals surface area contributed by atoms with E-state index in [1.54, 1.807) is 13.8 Å². The Hall–Kier alpha value is -4.20. The van der Waals surface area contributed by atoms with Crippen molar-refractivity contribution in [3.05, 3.63) is 89.2 Å². The first-order chi connectivity index (χ1) is 16.8. The number of anilines is 1. The number of carbonyl (C=O) groups excluding carboxylic acids is 2. The summed E-state index contributed by atoms with van der Waals surface area (Å²) in [5, 5.41) is 14.0. The molecule has 0 aromatic heterocycles. The maximum absolute atomic E-state index is 14.1. The highest BCUT2D eigenvalue weighted by Crippen LogP contribution is 2.44. The highest BCUT2D eigenvalue weighted by atomic mass is 19.1. The molecule has 2 amide bonds. The first-order valence-corrected chi connectivity index (χ1v) is 11.2. The zero-order valence-electron chi connectivity index (χ0n) is 19.2. The predicted octanol–water partition coefficient (Wildman–Crippen LogP) is 5.03. The van der Waals surface area contributed by atoms with Crippen LogP contribution in [-0.2, 0) is 9.53 Å². The molecule has 35 heavy (non-hydrogen) atoms. The molecule has 3 aromatic rings. The largest absolute Gasteiger partial charge is 0.478 e. The first kappa shape index (κ1) is 23.9. The van der Waals surface area contributed by atoms with Crippen molar-refractivity contribution in [2.75, 3.05) is 11.9 Å². The van der Waals surface area contributed by atoms with E-state index in [0.717, 1.165) is 28.3 Å². The molecule has 1 aliphatic rings. The zero-order chi connectivity index (χ0) is 25.1. The van der Waals surface area contributed by atoms with Gasteiger partial charge < -0.3 is 20.5 Å². The van der Waals surface area contributed by atoms with Gasteiger partial charge in [-0.2, -0.15) is 0 Å². The summed E-state index contributed by atoms with van der Waals surface area (Å²) in [4.78, 5) is 36.0. The van der Waals surface area contributed by atoms with Gasteiger partial charge in [-0.3, -0.25) is 4.79 Å². The van der Waals surface area contributed by atoms with Crippen molar-refractivity contribution >= 4 is 23.7 Å². The summed E-state index contributed by atoms with van der Waals surface area (Å²) in [6, 6.07) is 18.6. The van der Waals surface area contributed by atoms with Crippen LogP contribution in [0.3, 0.4) is 0 Å². The maximum Gasteiger partial charge on any atom is 0.407 e. The molecule has 0 bridgehead atoms. The van der Waals surface area contributed by atoms with Gasteiger partial charge >= 0.3 is 12.1 Å². The first-order valence-electron chi connectivity index (χ1n) is 11.2. The molecule has 0 aliphatic heterocycles. The van der Waals surface area contributed by atoms with E-state index >= 15 is 0 Å². The lowest BCUT2D eigenvalue weighted by atomic mass is 9.98. The van der Waals surface area contributed by atoms with Crippen LogP contribution in [0.25, 0.3) is 11.1 Å². The van der Waals surface area contributed by atoms with E-state index < -0.39 is 35.7 Å². The van der Waals surface area contributed by atoms with Gasteiger partial charge in [-0.1, -0.05) is 55.5 Å². The van der Waals surface area contributed by atoms with Crippen molar-refractivity contribution < 1.29 is 28.6 Å². The van der Waals surface area contributed by atoms with Crippen LogP contribution in [0.2, 0.25) is 0 Å². The third-order valence-electron chi connectivity index (χ3n) is 6.33. The molecule has 0 radical (unpaired) electrons. The Labute approximate surface area is 201 Å². The van der Waals surface area contributed by atoms with Crippen LogP contribution in [0.1, 0.15) is 41.3 Å². The van der Waals surface area contributed by atoms with Gasteiger partial charge in [-0.15, -0.1) is 0 Å². The van der Waals surface area contributed by atoms with Crippen molar-refractivity contribution in [1.29, 1.82) is 0 Å². The Morgan fingerprint density at radius 2 is 1.57 bits per heavy atom. The number of carboxylic acid groups (broad SMARTS) is 1. The molecule has 0 saturated carbocycles. The minimum Gasteiger partial charge on any atom is -0.478 e. The van der Waals surface area contributed by atoms with Crippen LogP contribution in [0.5, 0.6) is 0 Å². The molecular weight excluding hydrogens is 451 g/mol. The topological polar surface area (TPSA) is 105 Å². The van der Waals surface area contributed by atoms with Crippen molar-refractivity contribution in [3.8, 4) is 11.1 Å². The molecule has 3 N–H and O–H groups in total. The molecule has 180 valence electrons. The van der Waals surface area contributed by atoms with Gasteiger partial charge in [0.2, 0.25) is 5.91 Å². The molecule has 4 rings (SSSR count). The second-order valence-electron chi connectivity index (χ2n) is 8.54. The Bertz CT molecular complexity index is 1250. The second-order valence-corrected chi connectivity index (χ2v) is 8.54. The lowest BCUT2D eigenvalue weighted by Crippen LogP contribution is -2.42. The number of carboxylic acids is 1. The molecule has 1 aliphatic carbocycles. The molecule has 0 spiro atoms. The zero-order valence-corrected chi connectivity index (χ0v) is 19.2. The van der Waals surface area contributed by atoms with Crippen LogP contribution in [-0.4, -0.2) is 35.7 Å². The number of ether oxygens (including phenoxy) is 1. The fraction of sp³-hybridized carbons (Fsp3) is 0.222. The lowest BCUT2D eigenvalue weighted by Gasteiger charge is -2.21. The highest BCUT2D eigenvalue weighted by molar-refractivity contribution is 5.94. The summed E-state index contributed by atoms with van der Waals surface area (Å²) < 4.78 is 19.7. The number of halogens is 1. The number of hydrogen-bond acceptors (Lipinski definition) is 4. The maximum atomic E-state index is 14.1. The summed E-state index contributed by atoms with van der Waals surface area (Å²) in [5.74, 6) is -3.45. The number of amides is 2. The molecular formula is C27H25FN2O5. The summed E-state index contributed by atoms with van der Waals surface area (Å²) in [7, 11) is 0. The van der Waals surface area contributed by atoms with Crippen molar-refractivity contribution in [2.24, 2.45) is 5.92 Å². The predicted molar refractivity (Wildman–Crippen MR) is 129 cm³/mol. The molecule has 2 atom stereocenters. The molecule has 3 aromatic carbocycles. The second kappa shape index (κ2) is 9.97. The van der Waals surface area contributed by atoms with E-state index in [0.29, 0.717) is 0 Å². The Kier molecular flexibility index (Phi) is 6.82. The fourth-order valence-corrected chi connectivity index (χ4v) is 4.17. The van der Waals surface area contributed by atoms with Gasteiger partial charge in [0.1, 0.15) is 12.4 Å². The molecule has 2 unspecified atom stereocenters. The number of carbonyl (C=O) groups is 3. The number of benzene rings is 3. The molecule has 0 fully saturated rings. The van der Waals surface area contributed by atoms with Crippen LogP contribution < -0.4 is 10.6 Å². The quantitative estimate of drug-likeness (QED) is 0.444.